The summed E-state index contributed by atoms with van der Waals surface area (Å²) < 4.78 is 16.6. The summed E-state index contributed by atoms with van der Waals surface area (Å²) in [6.07, 6.45) is 2.33. The van der Waals surface area contributed by atoms with Crippen molar-refractivity contribution in [3.8, 4) is 28.4 Å². The number of hydrogen-bond donors (Lipinski definition) is 1. The Balaban J connectivity index is 1.99. The van der Waals surface area contributed by atoms with Gasteiger partial charge >= 0.3 is 5.97 Å². The Morgan fingerprint density at radius 1 is 1.21 bits per heavy atom. The Morgan fingerprint density at radius 3 is 2.69 bits per heavy atom. The third-order valence-electron chi connectivity index (χ3n) is 5.23. The molecule has 1 aliphatic rings. The van der Waals surface area contributed by atoms with E-state index < -0.39 is 0 Å². The van der Waals surface area contributed by atoms with Crippen LogP contribution in [0.25, 0.3) is 22.1 Å². The Morgan fingerprint density at radius 2 is 1.97 bits per heavy atom. The minimum absolute atomic E-state index is 0.0823. The van der Waals surface area contributed by atoms with Crippen LogP contribution < -0.4 is 14.9 Å². The summed E-state index contributed by atoms with van der Waals surface area (Å²) in [5, 5.41) is 10.7. The van der Waals surface area contributed by atoms with Gasteiger partial charge in [0.05, 0.1) is 19.1 Å². The highest BCUT2D eigenvalue weighted by Crippen LogP contribution is 2.45. The average molecular weight is 394 g/mol. The number of fused-ring (bicyclic) bond motifs is 3. The van der Waals surface area contributed by atoms with Crippen LogP contribution in [-0.2, 0) is 4.79 Å². The molecule has 6 heteroatoms. The van der Waals surface area contributed by atoms with Crippen molar-refractivity contribution in [3.63, 3.8) is 0 Å². The minimum atomic E-state index is -0.365. The molecule has 2 aromatic carbocycles. The van der Waals surface area contributed by atoms with Gasteiger partial charge in [0.25, 0.3) is 0 Å². The maximum Gasteiger partial charge on any atom is 0.311 e. The van der Waals surface area contributed by atoms with Crippen LogP contribution >= 0.6 is 0 Å². The summed E-state index contributed by atoms with van der Waals surface area (Å²) in [4.78, 5) is 25.3. The van der Waals surface area contributed by atoms with Crippen molar-refractivity contribution in [2.75, 3.05) is 7.11 Å². The molecule has 0 saturated carbocycles. The minimum Gasteiger partial charge on any atom is -0.507 e. The number of benzene rings is 2. The van der Waals surface area contributed by atoms with Gasteiger partial charge in [0.1, 0.15) is 34.5 Å². The number of ether oxygens (including phenoxy) is 2. The lowest BCUT2D eigenvalue weighted by atomic mass is 9.84. The quantitative estimate of drug-likeness (QED) is 0.514. The Hall–Kier alpha value is -3.28. The summed E-state index contributed by atoms with van der Waals surface area (Å²) in [6, 6.07) is 8.46. The lowest BCUT2D eigenvalue weighted by molar-refractivity contribution is -0.136. The largest absolute Gasteiger partial charge is 0.507 e. The third-order valence-corrected chi connectivity index (χ3v) is 5.23. The molecule has 0 fully saturated rings. The van der Waals surface area contributed by atoms with Crippen molar-refractivity contribution in [2.45, 2.75) is 32.6 Å². The van der Waals surface area contributed by atoms with E-state index in [1.54, 1.807) is 18.2 Å². The summed E-state index contributed by atoms with van der Waals surface area (Å²) >= 11 is 0. The zero-order valence-electron chi connectivity index (χ0n) is 16.5. The van der Waals surface area contributed by atoms with Crippen molar-refractivity contribution >= 4 is 16.9 Å². The van der Waals surface area contributed by atoms with Crippen LogP contribution in [0.2, 0.25) is 0 Å². The lowest BCUT2D eigenvalue weighted by Crippen LogP contribution is -2.22. The number of esters is 1. The first kappa shape index (κ1) is 19.1. The summed E-state index contributed by atoms with van der Waals surface area (Å²) in [5.41, 5.74) is 1.43. The zero-order valence-corrected chi connectivity index (χ0v) is 16.5. The van der Waals surface area contributed by atoms with E-state index in [1.807, 2.05) is 6.07 Å². The van der Waals surface area contributed by atoms with E-state index in [4.69, 9.17) is 13.9 Å². The Kier molecular flexibility index (Phi) is 4.78. The lowest BCUT2D eigenvalue weighted by Gasteiger charge is -2.26. The van der Waals surface area contributed by atoms with E-state index in [9.17, 15) is 14.7 Å². The van der Waals surface area contributed by atoms with Gasteiger partial charge in [0.2, 0.25) is 5.43 Å². The van der Waals surface area contributed by atoms with Gasteiger partial charge in [-0.2, -0.15) is 0 Å². The molecule has 0 radical (unpaired) electrons. The number of phenols is 1. The molecule has 0 spiro atoms. The van der Waals surface area contributed by atoms with Crippen LogP contribution in [0.1, 0.15) is 38.2 Å². The van der Waals surface area contributed by atoms with E-state index in [2.05, 4.69) is 13.8 Å². The van der Waals surface area contributed by atoms with Crippen LogP contribution in [0.5, 0.6) is 17.2 Å². The van der Waals surface area contributed by atoms with Crippen molar-refractivity contribution in [1.29, 1.82) is 0 Å². The number of methoxy groups -OCH3 is 1. The number of rotatable bonds is 4. The topological polar surface area (TPSA) is 86.0 Å². The van der Waals surface area contributed by atoms with Crippen molar-refractivity contribution in [1.82, 2.24) is 0 Å². The van der Waals surface area contributed by atoms with Gasteiger partial charge in [-0.05, 0) is 18.4 Å². The predicted octanol–water partition coefficient (Wildman–Crippen LogP) is 4.61. The first-order valence-corrected chi connectivity index (χ1v) is 9.56. The number of carbonyl (C=O) groups excluding carboxylic acids is 1. The highest BCUT2D eigenvalue weighted by Gasteiger charge is 2.33. The third kappa shape index (κ3) is 3.24. The summed E-state index contributed by atoms with van der Waals surface area (Å²) in [6.45, 7) is 4.14. The standard InChI is InChI=1S/C23H22O6/c1-12(2)8-13-9-19(25)29-18-10-16(24)21-22(26)15(11-28-23(21)20(13)18)14-6-4-5-7-17(14)27-3/h4-7,10-13,24H,8-9H2,1-3H3/t13-/m0/s1. The predicted molar refractivity (Wildman–Crippen MR) is 109 cm³/mol. The van der Waals surface area contributed by atoms with Crippen LogP contribution in [0.15, 0.2) is 45.8 Å². The molecule has 6 nitrogen and oxygen atoms in total. The zero-order chi connectivity index (χ0) is 20.7. The molecule has 0 bridgehead atoms. The number of aromatic hydroxyl groups is 1. The molecule has 0 aliphatic carbocycles. The van der Waals surface area contributed by atoms with E-state index in [0.717, 1.165) is 6.42 Å². The highest BCUT2D eigenvalue weighted by atomic mass is 16.5. The van der Waals surface area contributed by atoms with Crippen LogP contribution in [0.3, 0.4) is 0 Å². The van der Waals surface area contributed by atoms with E-state index in [0.29, 0.717) is 28.4 Å². The van der Waals surface area contributed by atoms with Gasteiger partial charge in [-0.15, -0.1) is 0 Å². The van der Waals surface area contributed by atoms with Crippen molar-refractivity contribution in [3.05, 3.63) is 52.4 Å². The van der Waals surface area contributed by atoms with Crippen LogP contribution in [0, 0.1) is 5.92 Å². The second-order valence-corrected chi connectivity index (χ2v) is 7.70. The van der Waals surface area contributed by atoms with Crippen LogP contribution in [-0.4, -0.2) is 18.2 Å². The number of phenolic OH excluding ortho intramolecular Hbond substituents is 1. The van der Waals surface area contributed by atoms with Crippen molar-refractivity contribution < 1.29 is 23.8 Å². The molecule has 0 unspecified atom stereocenters. The highest BCUT2D eigenvalue weighted by molar-refractivity contribution is 5.94. The molecule has 0 amide bonds. The van der Waals surface area contributed by atoms with Gasteiger partial charge in [0, 0.05) is 23.1 Å². The summed E-state index contributed by atoms with van der Waals surface area (Å²) in [5.74, 6) is 0.349. The Bertz CT molecular complexity index is 1160. The first-order valence-electron chi connectivity index (χ1n) is 9.56. The molecule has 150 valence electrons. The molecule has 29 heavy (non-hydrogen) atoms. The molecule has 0 saturated heterocycles. The molecule has 1 N–H and O–H groups in total. The van der Waals surface area contributed by atoms with E-state index in [1.165, 1.54) is 19.4 Å². The SMILES string of the molecule is COc1ccccc1-c1coc2c3c(cc(O)c2c1=O)OC(=O)C[C@@H]3CC(C)C. The monoisotopic (exact) mass is 394 g/mol. The van der Waals surface area contributed by atoms with E-state index in [-0.39, 0.29) is 46.2 Å². The van der Waals surface area contributed by atoms with Gasteiger partial charge in [-0.3, -0.25) is 9.59 Å². The van der Waals surface area contributed by atoms with Gasteiger partial charge in [-0.1, -0.05) is 32.0 Å². The first-order chi connectivity index (χ1) is 13.9. The smallest absolute Gasteiger partial charge is 0.311 e. The van der Waals surface area contributed by atoms with Gasteiger partial charge in [0.15, 0.2) is 0 Å². The van der Waals surface area contributed by atoms with E-state index >= 15 is 0 Å². The average Bonchev–Trinajstić information content (AvgIpc) is 2.67. The molecular formula is C23H22O6. The molecular weight excluding hydrogens is 372 g/mol. The van der Waals surface area contributed by atoms with Crippen molar-refractivity contribution in [2.24, 2.45) is 5.92 Å². The molecule has 1 aromatic heterocycles. The fraction of sp³-hybridized carbons (Fsp3) is 0.304. The Labute approximate surface area is 167 Å². The second-order valence-electron chi connectivity index (χ2n) is 7.70. The maximum atomic E-state index is 13.3. The second kappa shape index (κ2) is 7.28. The number of carbonyl (C=O) groups is 1. The number of para-hydroxylation sites is 1. The normalized spacial score (nSPS) is 16.0. The maximum absolute atomic E-state index is 13.3. The number of hydrogen-bond acceptors (Lipinski definition) is 6. The fourth-order valence-corrected chi connectivity index (χ4v) is 4.05. The van der Waals surface area contributed by atoms with Crippen LogP contribution in [0.4, 0.5) is 0 Å². The van der Waals surface area contributed by atoms with Gasteiger partial charge < -0.3 is 19.0 Å². The van der Waals surface area contributed by atoms with Gasteiger partial charge in [-0.25, -0.2) is 0 Å². The fourth-order valence-electron chi connectivity index (χ4n) is 4.05. The molecule has 1 aliphatic heterocycles. The molecule has 2 heterocycles. The molecule has 4 rings (SSSR count). The summed E-state index contributed by atoms with van der Waals surface area (Å²) in [7, 11) is 1.53. The molecule has 3 aromatic rings. The molecule has 1 atom stereocenters.